The topological polar surface area (TPSA) is 32.8 Å². The molecule has 0 saturated heterocycles. The molecule has 2 aliphatic rings. The zero-order valence-electron chi connectivity index (χ0n) is 72.2. The Bertz CT molecular complexity index is 6700. The quantitative estimate of drug-likeness (QED) is 0.128. The van der Waals surface area contributed by atoms with Gasteiger partial charge in [0.1, 0.15) is 22.3 Å². The van der Waals surface area contributed by atoms with Crippen LogP contribution in [0, 0.1) is 6.85 Å². The molecule has 568 valence electrons. The first-order chi connectivity index (χ1) is 56.8. The number of nitrogens with zero attached hydrogens (tertiary/aromatic N) is 2. The molecule has 0 N–H and O–H groups in total. The number of hydrogen-bond acceptors (Lipinski definition) is 4. The fourth-order valence-electron chi connectivity index (χ4n) is 18.1. The maximum absolute atomic E-state index is 9.77. The Morgan fingerprint density at radius 3 is 1.15 bits per heavy atom. The highest BCUT2D eigenvalue weighted by molar-refractivity contribution is 7.00. The number of benzene rings is 15. The minimum absolute atomic E-state index is 0.162. The van der Waals surface area contributed by atoms with Crippen LogP contribution in [-0.2, 0) is 27.1 Å². The SMILES string of the molecule is [2H]C([2H])([2H])c1cc(-c2cccc3oc4ccccc4c23)c(N2c3ccc(-c4cc(-c5ccccc5)cc(C(C)(C)C)c4)cc3B3c4ccc(-c5cc(C(C)(C)C)cc(C(C)(C)C)c5)cc4N(c4c(-c5ccccc5)cc(C(C)(C)C)cc4-c4ccccc4)c4cc(-c5cccc(C(C)(C)C)c5)cc2c43)c(-c2cccc3oc4ccccc4c23)c1. The Hall–Kier alpha value is -12.4. The number of aryl methyl sites for hydroxylation is 1. The molecule has 15 aromatic carbocycles. The van der Waals surface area contributed by atoms with E-state index >= 15 is 0 Å². The summed E-state index contributed by atoms with van der Waals surface area (Å²) in [6, 6.07) is 114. The van der Waals surface area contributed by atoms with E-state index in [0.717, 1.165) is 172 Å². The number of anilines is 6. The van der Waals surface area contributed by atoms with Crippen LogP contribution in [0.3, 0.4) is 0 Å². The van der Waals surface area contributed by atoms with Crippen molar-refractivity contribution in [2.75, 3.05) is 9.80 Å². The van der Waals surface area contributed by atoms with Crippen molar-refractivity contribution in [1.29, 1.82) is 0 Å². The maximum Gasteiger partial charge on any atom is 0.252 e. The Morgan fingerprint density at radius 2 is 0.629 bits per heavy atom. The molecular weight excluding hydrogens is 1400 g/mol. The summed E-state index contributed by atoms with van der Waals surface area (Å²) in [6.07, 6.45) is 0. The van der Waals surface area contributed by atoms with Crippen LogP contribution in [-0.4, -0.2) is 6.71 Å². The highest BCUT2D eigenvalue weighted by Crippen LogP contribution is 2.57. The molecule has 4 heterocycles. The smallest absolute Gasteiger partial charge is 0.252 e. The lowest BCUT2D eigenvalue weighted by Gasteiger charge is -2.46. The van der Waals surface area contributed by atoms with Gasteiger partial charge in [-0.2, -0.15) is 0 Å². The van der Waals surface area contributed by atoms with Crippen LogP contribution < -0.4 is 26.2 Å². The van der Waals surface area contributed by atoms with Crippen molar-refractivity contribution < 1.29 is 12.9 Å². The molecule has 0 amide bonds. The van der Waals surface area contributed by atoms with Crippen LogP contribution >= 0.6 is 0 Å². The van der Waals surface area contributed by atoms with E-state index in [0.29, 0.717) is 11.2 Å². The largest absolute Gasteiger partial charge is 0.456 e. The van der Waals surface area contributed by atoms with Gasteiger partial charge in [0.15, 0.2) is 0 Å². The molecule has 5 heteroatoms. The Balaban J connectivity index is 1.04. The summed E-state index contributed by atoms with van der Waals surface area (Å²) in [4.78, 5) is 5.24. The van der Waals surface area contributed by atoms with Crippen LogP contribution in [0.15, 0.2) is 318 Å². The van der Waals surface area contributed by atoms with Crippen LogP contribution in [0.4, 0.5) is 34.1 Å². The lowest BCUT2D eigenvalue weighted by Crippen LogP contribution is -2.61. The minimum Gasteiger partial charge on any atom is -0.456 e. The average Bonchev–Trinajstić information content (AvgIpc) is 0.879. The Morgan fingerprint density at radius 1 is 0.250 bits per heavy atom. The number of fused-ring (bicyclic) bond motifs is 10. The van der Waals surface area contributed by atoms with Crippen molar-refractivity contribution >= 4 is 101 Å². The monoisotopic (exact) mass is 1510 g/mol. The van der Waals surface area contributed by atoms with Gasteiger partial charge in [0, 0.05) is 70.7 Å². The molecule has 2 aromatic heterocycles. The van der Waals surface area contributed by atoms with E-state index in [1.54, 1.807) is 0 Å². The van der Waals surface area contributed by atoms with Crippen LogP contribution in [0.5, 0.6) is 0 Å². The van der Waals surface area contributed by atoms with E-state index in [1.807, 2.05) is 48.5 Å². The van der Waals surface area contributed by atoms with E-state index in [2.05, 4.69) is 375 Å². The number of furan rings is 2. The average molecular weight is 1510 g/mol. The number of para-hydroxylation sites is 2. The van der Waals surface area contributed by atoms with Crippen molar-refractivity contribution in [3.63, 3.8) is 0 Å². The summed E-state index contributed by atoms with van der Waals surface area (Å²) in [5.41, 5.74) is 33.7. The van der Waals surface area contributed by atoms with Gasteiger partial charge in [-0.1, -0.05) is 334 Å². The first-order valence-electron chi connectivity index (χ1n) is 42.6. The molecule has 2 aliphatic heterocycles. The summed E-state index contributed by atoms with van der Waals surface area (Å²) in [7, 11) is 0. The Kier molecular flexibility index (Phi) is 16.6. The van der Waals surface area contributed by atoms with Gasteiger partial charge in [-0.05, 0) is 229 Å². The van der Waals surface area contributed by atoms with Crippen LogP contribution in [0.25, 0.3) is 133 Å². The molecule has 0 fully saturated rings. The van der Waals surface area contributed by atoms with E-state index in [-0.39, 0.29) is 32.6 Å². The molecule has 0 spiro atoms. The predicted octanol–water partition coefficient (Wildman–Crippen LogP) is 29.7. The van der Waals surface area contributed by atoms with E-state index in [4.69, 9.17) is 8.83 Å². The summed E-state index contributed by atoms with van der Waals surface area (Å²) in [5.74, 6) is 0. The van der Waals surface area contributed by atoms with Gasteiger partial charge >= 0.3 is 0 Å². The molecule has 0 atom stereocenters. The molecule has 17 aromatic rings. The lowest BCUT2D eigenvalue weighted by molar-refractivity contribution is 0.569. The van der Waals surface area contributed by atoms with E-state index in [1.165, 1.54) is 27.8 Å². The Labute approximate surface area is 689 Å². The molecule has 0 bridgehead atoms. The molecule has 116 heavy (non-hydrogen) atoms. The summed E-state index contributed by atoms with van der Waals surface area (Å²) in [5, 5.41) is 3.62. The fourth-order valence-corrected chi connectivity index (χ4v) is 18.1. The lowest BCUT2D eigenvalue weighted by atomic mass is 9.33. The highest BCUT2D eigenvalue weighted by atomic mass is 16.3. The van der Waals surface area contributed by atoms with Crippen molar-refractivity contribution in [3.05, 3.63) is 343 Å². The summed E-state index contributed by atoms with van der Waals surface area (Å²) in [6.45, 7) is 31.8. The third-order valence-corrected chi connectivity index (χ3v) is 24.5. The van der Waals surface area contributed by atoms with Gasteiger partial charge in [0.25, 0.3) is 6.71 Å². The number of hydrogen-bond donors (Lipinski definition) is 0. The van der Waals surface area contributed by atoms with E-state index < -0.39 is 13.6 Å². The molecule has 4 nitrogen and oxygen atoms in total. The molecule has 0 saturated carbocycles. The van der Waals surface area contributed by atoms with E-state index in [9.17, 15) is 4.11 Å². The first kappa shape index (κ1) is 70.2. The zero-order chi connectivity index (χ0) is 82.7. The standard InChI is InChI=1S/C111H99BN2O2/c1-68-53-90(84-43-31-47-100-102(84)86-41-26-28-45-98(86)115-100)106(91(54-68)85-44-32-48-101-103(85)87-42-27-29-46-99(87)116-101)113-94-52-50-73(76-55-75(69-33-20-17-21-34-69)57-80(58-76)108(5,6)7)61-93(94)112-92-51-49-74(77-59-81(109(8,9)10)65-82(60-77)110(11,12)13)62-95(92)114(97-64-78(63-96(113)104(97)112)72-39-30-40-79(56-72)107(2,3)4)105-88(70-35-22-18-23-36-70)66-83(111(14,15)16)67-89(105)71-37-24-19-25-38-71/h17-67H,1-16H3/i1D3. The van der Waals surface area contributed by atoms with Gasteiger partial charge in [0.2, 0.25) is 0 Å². The van der Waals surface area contributed by atoms with Crippen LogP contribution in [0.1, 0.15) is 141 Å². The normalized spacial score (nSPS) is 13.6. The third-order valence-electron chi connectivity index (χ3n) is 24.5. The van der Waals surface area contributed by atoms with Gasteiger partial charge in [0.05, 0.1) is 11.4 Å². The second-order valence-corrected chi connectivity index (χ2v) is 37.5. The second kappa shape index (κ2) is 27.4. The maximum atomic E-state index is 9.77. The fraction of sp³-hybridized carbons (Fsp3) is 0.189. The summed E-state index contributed by atoms with van der Waals surface area (Å²) < 4.78 is 43.2. The zero-order valence-corrected chi connectivity index (χ0v) is 69.2. The van der Waals surface area contributed by atoms with Crippen molar-refractivity contribution in [2.45, 2.75) is 138 Å². The van der Waals surface area contributed by atoms with Gasteiger partial charge in [-0.25, -0.2) is 0 Å². The molecule has 19 rings (SSSR count). The molecule has 0 aliphatic carbocycles. The molecule has 0 unspecified atom stereocenters. The van der Waals surface area contributed by atoms with Gasteiger partial charge in [-0.15, -0.1) is 0 Å². The minimum atomic E-state index is -2.58. The third kappa shape index (κ3) is 12.8. The van der Waals surface area contributed by atoms with Gasteiger partial charge in [-0.3, -0.25) is 0 Å². The second-order valence-electron chi connectivity index (χ2n) is 37.5. The molecule has 0 radical (unpaired) electrons. The summed E-state index contributed by atoms with van der Waals surface area (Å²) >= 11 is 0. The first-order valence-corrected chi connectivity index (χ1v) is 41.1. The predicted molar refractivity (Wildman–Crippen MR) is 497 cm³/mol. The van der Waals surface area contributed by atoms with Crippen LogP contribution in [0.2, 0.25) is 0 Å². The van der Waals surface area contributed by atoms with Gasteiger partial charge < -0.3 is 18.6 Å². The number of rotatable bonds is 10. The van der Waals surface area contributed by atoms with Crippen molar-refractivity contribution in [1.82, 2.24) is 0 Å². The van der Waals surface area contributed by atoms with Crippen molar-refractivity contribution in [3.8, 4) is 89.0 Å². The highest BCUT2D eigenvalue weighted by Gasteiger charge is 2.47. The molecular formula is C111H99BN2O2. The van der Waals surface area contributed by atoms with Crippen molar-refractivity contribution in [2.24, 2.45) is 0 Å².